The summed E-state index contributed by atoms with van der Waals surface area (Å²) in [5, 5.41) is 8.08. The number of carbonyl (C=O) groups excluding carboxylic acids is 6. The number of epoxide rings is 10. The van der Waals surface area contributed by atoms with Gasteiger partial charge in [-0.15, -0.1) is 0 Å². The molecule has 590 valence electrons. The average Bonchev–Trinajstić information content (AvgIpc) is 1.57. The highest BCUT2D eigenvalue weighted by Crippen LogP contribution is 2.56. The molecule has 1 aromatic rings. The Bertz CT molecular complexity index is 2590. The van der Waals surface area contributed by atoms with Crippen LogP contribution in [-0.2, 0) is 104 Å². The molecule has 0 spiro atoms. The SMILES string of the molecule is C1CC2CC1C1OC21.C1CCC2OC2C1.C=CC(=O)OCC1CO1.CCCCC(CC)COCC1CO1.CCCCCCC(C)(C)C(=O)OCC1CO1.COC(=O)C1CO1.O=C(CCCCC(=O)OCC1CCC2OC2C1)OCC1CCC2OC2C1.O=C(OCC1CO1)c1ccccc1.OCC1CO1. The van der Waals surface area contributed by atoms with Crippen molar-refractivity contribution < 1.29 is 114 Å². The molecule has 15 aliphatic rings. The zero-order chi connectivity index (χ0) is 74.1. The van der Waals surface area contributed by atoms with E-state index >= 15 is 0 Å². The Morgan fingerprint density at radius 3 is 1.46 bits per heavy atom. The first-order valence-corrected chi connectivity index (χ1v) is 39.6. The molecule has 15 fully saturated rings. The third kappa shape index (κ3) is 36.0. The highest BCUT2D eigenvalue weighted by atomic mass is 16.6. The monoisotopic (exact) mass is 1470 g/mol. The summed E-state index contributed by atoms with van der Waals surface area (Å²) in [6.45, 7) is 22.3. The smallest absolute Gasteiger partial charge is 0.338 e. The number of rotatable bonds is 33. The van der Waals surface area contributed by atoms with E-state index in [9.17, 15) is 28.8 Å². The fourth-order valence-electron chi connectivity index (χ4n) is 13.2. The van der Waals surface area contributed by atoms with Crippen LogP contribution < -0.4 is 0 Å². The van der Waals surface area contributed by atoms with Gasteiger partial charge in [0.05, 0.1) is 133 Å². The minimum Gasteiger partial charge on any atom is -0.467 e. The molecule has 1 aromatic carbocycles. The number of esters is 6. The maximum Gasteiger partial charge on any atom is 0.338 e. The highest BCUT2D eigenvalue weighted by molar-refractivity contribution is 5.89. The first-order chi connectivity index (χ1) is 50.5. The Morgan fingerprint density at radius 1 is 0.538 bits per heavy atom. The number of unbranched alkanes of at least 4 members (excludes halogenated alkanes) is 5. The van der Waals surface area contributed by atoms with E-state index in [-0.39, 0.29) is 78.4 Å². The Hall–Kier alpha value is -4.70. The number of benzene rings is 1. The molecule has 0 aromatic heterocycles. The predicted molar refractivity (Wildman–Crippen MR) is 382 cm³/mol. The molecule has 0 amide bonds. The van der Waals surface area contributed by atoms with Crippen molar-refractivity contribution >= 4 is 35.8 Å². The van der Waals surface area contributed by atoms with Gasteiger partial charge in [-0.05, 0) is 152 Å². The normalized spacial score (nSPS) is 31.4. The van der Waals surface area contributed by atoms with Crippen LogP contribution in [-0.4, -0.2) is 226 Å². The molecule has 2 bridgehead atoms. The third-order valence-corrected chi connectivity index (χ3v) is 20.9. The molecule has 19 atom stereocenters. The number of hydrogen-bond donors (Lipinski definition) is 1. The second-order valence-corrected chi connectivity index (χ2v) is 30.6. The fraction of sp³-hybridized carbons (Fsp3) is 0.825. The summed E-state index contributed by atoms with van der Waals surface area (Å²) < 4.78 is 86.2. The van der Waals surface area contributed by atoms with Crippen molar-refractivity contribution in [3.63, 3.8) is 0 Å². The van der Waals surface area contributed by atoms with E-state index < -0.39 is 0 Å². The van der Waals surface area contributed by atoms with Gasteiger partial charge in [-0.3, -0.25) is 14.4 Å². The lowest BCUT2D eigenvalue weighted by molar-refractivity contribution is -0.155. The van der Waals surface area contributed by atoms with E-state index in [0.29, 0.717) is 139 Å². The number of aliphatic hydroxyl groups is 1. The Kier molecular flexibility index (Phi) is 37.5. The molecule has 19 unspecified atom stereocenters. The second-order valence-electron chi connectivity index (χ2n) is 30.6. The summed E-state index contributed by atoms with van der Waals surface area (Å²) in [4.78, 5) is 67.3. The number of carbonyl (C=O) groups is 6. The van der Waals surface area contributed by atoms with Crippen LogP contribution in [0.2, 0.25) is 0 Å². The fourth-order valence-corrected chi connectivity index (χ4v) is 13.2. The molecule has 1 N–H and O–H groups in total. The van der Waals surface area contributed by atoms with Crippen LogP contribution >= 0.6 is 0 Å². The standard InChI is InChI=1S/C20H30O6.C13H24O3.C11H22O2.C10H10O3.C7H10O.C6H8O3.C6H10O.C4H6O3.C3H6O2/c21-19(23-11-13-5-7-15-17(9-13)25-15)3-1-2-4-20(22)24-12-14-6-8-16-18(10-14)26-16;1-4-5-6-7-8-13(2,3)12(14)16-10-11-9-15-11;1-3-5-6-10(4-2)7-12-8-11-9-13-11;11-10(13-7-9-6-12-9)8-4-2-1-3-5-8;1-2-5-3-4(1)6-7(5)8-6;1-2-6(7)9-4-5-3-8-5;1-2-4-6-5(3-1)7-6;1-6-4(5)3-2-7-3;4-1-3-2-5-3/h13-18H,1-12H2;11H,4-10H2,1-3H3;10-11H,3-9H2,1-2H3;1-5,9H,6-7H2;4-7H,1-3H2;2,5H,1,3-4H2;5-6H,1-4H2;3H,2H2,1H3;3-4H,1-2H2. The third-order valence-electron chi connectivity index (χ3n) is 20.9. The van der Waals surface area contributed by atoms with Gasteiger partial charge in [0.25, 0.3) is 0 Å². The van der Waals surface area contributed by atoms with Gasteiger partial charge in [0.1, 0.15) is 50.3 Å². The molecule has 16 rings (SSSR count). The molecule has 5 saturated carbocycles. The van der Waals surface area contributed by atoms with Gasteiger partial charge in [0, 0.05) is 25.5 Å². The van der Waals surface area contributed by atoms with Crippen LogP contribution in [0.15, 0.2) is 43.0 Å². The lowest BCUT2D eigenvalue weighted by atomic mass is 9.87. The largest absolute Gasteiger partial charge is 0.467 e. The van der Waals surface area contributed by atoms with Gasteiger partial charge in [-0.1, -0.05) is 103 Å². The number of hydrogen-bond acceptors (Lipinski definition) is 24. The van der Waals surface area contributed by atoms with Crippen molar-refractivity contribution in [2.24, 2.45) is 35.0 Å². The zero-order valence-electron chi connectivity index (χ0n) is 63.3. The predicted octanol–water partition coefficient (Wildman–Crippen LogP) is 11.1. The van der Waals surface area contributed by atoms with E-state index in [1.807, 2.05) is 32.0 Å². The van der Waals surface area contributed by atoms with Gasteiger partial charge < -0.3 is 85.6 Å². The van der Waals surface area contributed by atoms with E-state index in [4.69, 9.17) is 66.7 Å². The Labute approximate surface area is 617 Å². The molecule has 10 heterocycles. The summed E-state index contributed by atoms with van der Waals surface area (Å²) in [5.74, 6) is 2.33. The molecule has 24 nitrogen and oxygen atoms in total. The van der Waals surface area contributed by atoms with Crippen molar-refractivity contribution in [2.75, 3.05) is 99.6 Å². The van der Waals surface area contributed by atoms with E-state index in [2.05, 4.69) is 46.3 Å². The van der Waals surface area contributed by atoms with Gasteiger partial charge in [0.15, 0.2) is 6.10 Å². The molecule has 10 saturated heterocycles. The topological polar surface area (TPSA) is 313 Å². The lowest BCUT2D eigenvalue weighted by Crippen LogP contribution is -2.27. The Morgan fingerprint density at radius 2 is 1.04 bits per heavy atom. The number of aliphatic hydroxyl groups excluding tert-OH is 1. The summed E-state index contributed by atoms with van der Waals surface area (Å²) in [6.07, 6.45) is 36.0. The highest BCUT2D eigenvalue weighted by Gasteiger charge is 2.59. The van der Waals surface area contributed by atoms with Crippen molar-refractivity contribution in [2.45, 2.75) is 287 Å². The van der Waals surface area contributed by atoms with Crippen LogP contribution in [0.3, 0.4) is 0 Å². The van der Waals surface area contributed by atoms with Crippen LogP contribution in [0, 0.1) is 35.0 Å². The molecular formula is C80H126O24. The number of ether oxygens (including phenoxy) is 17. The van der Waals surface area contributed by atoms with E-state index in [0.717, 1.165) is 120 Å². The summed E-state index contributed by atoms with van der Waals surface area (Å²) in [6, 6.07) is 8.95. The molecule has 0 radical (unpaired) electrons. The van der Waals surface area contributed by atoms with Crippen molar-refractivity contribution in [1.82, 2.24) is 0 Å². The number of methoxy groups -OCH3 is 1. The summed E-state index contributed by atoms with van der Waals surface area (Å²) >= 11 is 0. The van der Waals surface area contributed by atoms with Crippen LogP contribution in [0.25, 0.3) is 0 Å². The molecule has 104 heavy (non-hydrogen) atoms. The van der Waals surface area contributed by atoms with Gasteiger partial charge >= 0.3 is 35.8 Å². The van der Waals surface area contributed by atoms with Crippen LogP contribution in [0.4, 0.5) is 0 Å². The number of fused-ring (bicyclic) bond motifs is 8. The average molecular weight is 1470 g/mol. The maximum atomic E-state index is 11.8. The van der Waals surface area contributed by atoms with Crippen LogP contribution in [0.1, 0.15) is 212 Å². The van der Waals surface area contributed by atoms with E-state index in [1.54, 1.807) is 12.1 Å². The quantitative estimate of drug-likeness (QED) is 0.0225. The van der Waals surface area contributed by atoms with Crippen molar-refractivity contribution in [3.8, 4) is 0 Å². The molecule has 5 aliphatic carbocycles. The summed E-state index contributed by atoms with van der Waals surface area (Å²) in [5.41, 5.74) is 0.242. The van der Waals surface area contributed by atoms with Crippen molar-refractivity contribution in [1.29, 1.82) is 0 Å². The molecular weight excluding hydrogens is 1340 g/mol. The minimum absolute atomic E-state index is 0.0838. The summed E-state index contributed by atoms with van der Waals surface area (Å²) in [7, 11) is 1.35. The van der Waals surface area contributed by atoms with Gasteiger partial charge in [-0.25, -0.2) is 14.4 Å². The van der Waals surface area contributed by atoms with Gasteiger partial charge in [0.2, 0.25) is 0 Å². The second kappa shape index (κ2) is 46.0. The lowest BCUT2D eigenvalue weighted by Gasteiger charge is -2.22. The van der Waals surface area contributed by atoms with E-state index in [1.165, 1.54) is 97.0 Å². The first-order valence-electron chi connectivity index (χ1n) is 39.6. The molecule has 24 heteroatoms. The maximum absolute atomic E-state index is 11.8. The zero-order valence-corrected chi connectivity index (χ0v) is 63.3. The molecule has 10 aliphatic heterocycles. The van der Waals surface area contributed by atoms with Crippen molar-refractivity contribution in [3.05, 3.63) is 48.6 Å². The van der Waals surface area contributed by atoms with Gasteiger partial charge in [-0.2, -0.15) is 0 Å². The Balaban J connectivity index is 0.000000155. The minimum atomic E-state index is -0.384. The van der Waals surface area contributed by atoms with Crippen LogP contribution in [0.5, 0.6) is 0 Å². The first kappa shape index (κ1) is 84.9.